The zero-order valence-electron chi connectivity index (χ0n) is 19.4. The summed E-state index contributed by atoms with van der Waals surface area (Å²) in [4.78, 5) is 28.1. The van der Waals surface area contributed by atoms with Gasteiger partial charge in [-0.15, -0.1) is 0 Å². The van der Waals surface area contributed by atoms with Crippen molar-refractivity contribution in [1.29, 1.82) is 0 Å². The van der Waals surface area contributed by atoms with E-state index in [1.165, 1.54) is 5.56 Å². The molecule has 0 fully saturated rings. The summed E-state index contributed by atoms with van der Waals surface area (Å²) in [5.74, 6) is 1.44. The zero-order valence-corrected chi connectivity index (χ0v) is 20.2. The van der Waals surface area contributed by atoms with E-state index < -0.39 is 6.04 Å². The van der Waals surface area contributed by atoms with Crippen LogP contribution >= 0.6 is 11.8 Å². The van der Waals surface area contributed by atoms with Crippen LogP contribution in [0.5, 0.6) is 0 Å². The second-order valence-electron chi connectivity index (χ2n) is 8.12. The minimum atomic E-state index is -0.565. The van der Waals surface area contributed by atoms with Crippen LogP contribution < -0.4 is 5.32 Å². The van der Waals surface area contributed by atoms with Crippen LogP contribution in [0.3, 0.4) is 0 Å². The Balaban J connectivity index is 1.75. The highest BCUT2D eigenvalue weighted by atomic mass is 32.2. The average molecular weight is 461 g/mol. The number of hydrogen-bond donors (Lipinski definition) is 1. The van der Waals surface area contributed by atoms with Crippen LogP contribution in [0.15, 0.2) is 84.9 Å². The molecule has 5 heteroatoms. The number of aryl methyl sites for hydroxylation is 1. The molecule has 0 aliphatic heterocycles. The van der Waals surface area contributed by atoms with Gasteiger partial charge in [0.25, 0.3) is 0 Å². The molecule has 0 saturated carbocycles. The average Bonchev–Trinajstić information content (AvgIpc) is 2.84. The maximum Gasteiger partial charge on any atom is 0.242 e. The van der Waals surface area contributed by atoms with E-state index in [2.05, 4.69) is 23.5 Å². The number of likely N-dealkylation sites (N-methyl/N-ethyl adjacent to an activating group) is 1. The Morgan fingerprint density at radius 2 is 1.52 bits per heavy atom. The van der Waals surface area contributed by atoms with Gasteiger partial charge in [0.15, 0.2) is 0 Å². The van der Waals surface area contributed by atoms with Gasteiger partial charge in [0.05, 0.1) is 0 Å². The lowest BCUT2D eigenvalue weighted by atomic mass is 10.0. The van der Waals surface area contributed by atoms with Gasteiger partial charge in [0.2, 0.25) is 11.8 Å². The Bertz CT molecular complexity index is 1020. The van der Waals surface area contributed by atoms with Crippen LogP contribution in [-0.2, 0) is 28.3 Å². The first-order valence-corrected chi connectivity index (χ1v) is 12.4. The number of hydrogen-bond acceptors (Lipinski definition) is 3. The van der Waals surface area contributed by atoms with E-state index in [0.29, 0.717) is 25.1 Å². The molecule has 0 heterocycles. The summed E-state index contributed by atoms with van der Waals surface area (Å²) in [5.41, 5.74) is 4.45. The Kier molecular flexibility index (Phi) is 9.58. The van der Waals surface area contributed by atoms with Crippen molar-refractivity contribution < 1.29 is 9.59 Å². The first kappa shape index (κ1) is 24.6. The summed E-state index contributed by atoms with van der Waals surface area (Å²) >= 11 is 1.74. The van der Waals surface area contributed by atoms with E-state index in [1.54, 1.807) is 23.7 Å². The minimum absolute atomic E-state index is 0.00148. The normalized spacial score (nSPS) is 11.6. The Morgan fingerprint density at radius 3 is 2.15 bits per heavy atom. The van der Waals surface area contributed by atoms with Gasteiger partial charge < -0.3 is 10.2 Å². The molecule has 1 N–H and O–H groups in total. The van der Waals surface area contributed by atoms with Gasteiger partial charge in [-0.3, -0.25) is 9.59 Å². The monoisotopic (exact) mass is 460 g/mol. The summed E-state index contributed by atoms with van der Waals surface area (Å²) < 4.78 is 0. The van der Waals surface area contributed by atoms with Crippen molar-refractivity contribution in [2.45, 2.75) is 38.1 Å². The van der Waals surface area contributed by atoms with Gasteiger partial charge in [-0.1, -0.05) is 90.5 Å². The van der Waals surface area contributed by atoms with Gasteiger partial charge in [-0.05, 0) is 23.6 Å². The van der Waals surface area contributed by atoms with Crippen LogP contribution in [-0.4, -0.2) is 35.6 Å². The number of carbonyl (C=O) groups is 2. The van der Waals surface area contributed by atoms with Crippen molar-refractivity contribution in [1.82, 2.24) is 10.2 Å². The molecule has 1 atom stereocenters. The number of nitrogens with one attached hydrogen (secondary N) is 1. The van der Waals surface area contributed by atoms with Crippen molar-refractivity contribution in [2.75, 3.05) is 12.8 Å². The SMILES string of the molecule is CNC(=O)[C@H](Cc1ccccc1)N(Cc1cccc(C)c1)C(=O)CCSCc1ccccc1. The van der Waals surface area contributed by atoms with Crippen molar-refractivity contribution >= 4 is 23.6 Å². The molecule has 3 aromatic rings. The largest absolute Gasteiger partial charge is 0.357 e. The first-order valence-electron chi connectivity index (χ1n) is 11.3. The first-order chi connectivity index (χ1) is 16.1. The van der Waals surface area contributed by atoms with E-state index in [4.69, 9.17) is 0 Å². The topological polar surface area (TPSA) is 49.4 Å². The molecule has 3 aromatic carbocycles. The fraction of sp³-hybridized carbons (Fsp3) is 0.286. The molecule has 0 spiro atoms. The molecule has 3 rings (SSSR count). The second kappa shape index (κ2) is 12.9. The summed E-state index contributed by atoms with van der Waals surface area (Å²) in [6, 6.07) is 27.7. The molecule has 33 heavy (non-hydrogen) atoms. The number of carbonyl (C=O) groups excluding carboxylic acids is 2. The number of thioether (sulfide) groups is 1. The molecule has 0 bridgehead atoms. The van der Waals surface area contributed by atoms with Gasteiger partial charge in [-0.2, -0.15) is 11.8 Å². The van der Waals surface area contributed by atoms with Crippen LogP contribution in [0.1, 0.15) is 28.7 Å². The summed E-state index contributed by atoms with van der Waals surface area (Å²) in [7, 11) is 1.63. The van der Waals surface area contributed by atoms with Crippen LogP contribution in [0.4, 0.5) is 0 Å². The van der Waals surface area contributed by atoms with Crippen molar-refractivity contribution in [3.8, 4) is 0 Å². The van der Waals surface area contributed by atoms with E-state index in [-0.39, 0.29) is 11.8 Å². The number of amides is 2. The molecule has 0 saturated heterocycles. The standard InChI is InChI=1S/C28H32N2O2S/c1-22-10-9-15-25(18-22)20-30(26(28(32)29-2)19-23-11-5-3-6-12-23)27(31)16-17-33-21-24-13-7-4-8-14-24/h3-15,18,26H,16-17,19-21H2,1-2H3,(H,29,32)/t26-/m0/s1. The highest BCUT2D eigenvalue weighted by Gasteiger charge is 2.29. The minimum Gasteiger partial charge on any atom is -0.357 e. The summed E-state index contributed by atoms with van der Waals surface area (Å²) in [6.07, 6.45) is 0.876. The maximum absolute atomic E-state index is 13.4. The summed E-state index contributed by atoms with van der Waals surface area (Å²) in [5, 5.41) is 2.77. The zero-order chi connectivity index (χ0) is 23.5. The predicted molar refractivity (Wildman–Crippen MR) is 137 cm³/mol. The smallest absolute Gasteiger partial charge is 0.242 e. The predicted octanol–water partition coefficient (Wildman–Crippen LogP) is 5.00. The van der Waals surface area contributed by atoms with Gasteiger partial charge in [0, 0.05) is 37.9 Å². The van der Waals surface area contributed by atoms with E-state index in [1.807, 2.05) is 73.7 Å². The quantitative estimate of drug-likeness (QED) is 0.410. The fourth-order valence-corrected chi connectivity index (χ4v) is 4.69. The lowest BCUT2D eigenvalue weighted by molar-refractivity contribution is -0.140. The lowest BCUT2D eigenvalue weighted by Gasteiger charge is -2.31. The van der Waals surface area contributed by atoms with Crippen molar-refractivity contribution in [3.63, 3.8) is 0 Å². The second-order valence-corrected chi connectivity index (χ2v) is 9.22. The van der Waals surface area contributed by atoms with Gasteiger partial charge >= 0.3 is 0 Å². The molecule has 172 valence electrons. The van der Waals surface area contributed by atoms with Gasteiger partial charge in [-0.25, -0.2) is 0 Å². The molecule has 0 unspecified atom stereocenters. The molecular weight excluding hydrogens is 428 g/mol. The Morgan fingerprint density at radius 1 is 0.879 bits per heavy atom. The van der Waals surface area contributed by atoms with Gasteiger partial charge in [0.1, 0.15) is 6.04 Å². The van der Waals surface area contributed by atoms with E-state index in [9.17, 15) is 9.59 Å². The van der Waals surface area contributed by atoms with Crippen LogP contribution in [0.2, 0.25) is 0 Å². The fourth-order valence-electron chi connectivity index (χ4n) is 3.80. The molecule has 0 aromatic heterocycles. The molecule has 4 nitrogen and oxygen atoms in total. The third-order valence-electron chi connectivity index (χ3n) is 5.52. The maximum atomic E-state index is 13.4. The highest BCUT2D eigenvalue weighted by Crippen LogP contribution is 2.19. The molecule has 0 aliphatic rings. The molecule has 0 aliphatic carbocycles. The lowest BCUT2D eigenvalue weighted by Crippen LogP contribution is -2.49. The molecular formula is C28H32N2O2S. The Hall–Kier alpha value is -3.05. The highest BCUT2D eigenvalue weighted by molar-refractivity contribution is 7.98. The van der Waals surface area contributed by atoms with Crippen molar-refractivity contribution in [2.24, 2.45) is 0 Å². The number of nitrogens with zero attached hydrogens (tertiary/aromatic N) is 1. The van der Waals surface area contributed by atoms with Crippen molar-refractivity contribution in [3.05, 3.63) is 107 Å². The number of rotatable bonds is 11. The number of benzene rings is 3. The summed E-state index contributed by atoms with van der Waals surface area (Å²) in [6.45, 7) is 2.45. The Labute approximate surface area is 201 Å². The molecule has 0 radical (unpaired) electrons. The van der Waals surface area contributed by atoms with E-state index >= 15 is 0 Å². The van der Waals surface area contributed by atoms with Crippen LogP contribution in [0, 0.1) is 6.92 Å². The van der Waals surface area contributed by atoms with E-state index in [0.717, 1.165) is 22.4 Å². The third kappa shape index (κ3) is 7.79. The van der Waals surface area contributed by atoms with Crippen LogP contribution in [0.25, 0.3) is 0 Å². The molecule has 2 amide bonds. The third-order valence-corrected chi connectivity index (χ3v) is 6.55.